The fourth-order valence-corrected chi connectivity index (χ4v) is 6.59. The number of aromatic amines is 1. The van der Waals surface area contributed by atoms with Crippen molar-refractivity contribution in [3.63, 3.8) is 0 Å². The lowest BCUT2D eigenvalue weighted by Crippen LogP contribution is -2.39. The number of tetrazole rings is 1. The summed E-state index contributed by atoms with van der Waals surface area (Å²) in [6, 6.07) is 27.8. The zero-order valence-electron chi connectivity index (χ0n) is 25.6. The highest BCUT2D eigenvalue weighted by Gasteiger charge is 2.17. The molecule has 0 aliphatic heterocycles. The Hall–Kier alpha value is -5.05. The van der Waals surface area contributed by atoms with Gasteiger partial charge >= 0.3 is 0 Å². The number of amides is 1. The molecule has 0 radical (unpaired) electrons. The Morgan fingerprint density at radius 1 is 0.978 bits per heavy atom. The van der Waals surface area contributed by atoms with E-state index in [9.17, 15) is 4.79 Å². The third-order valence-electron chi connectivity index (χ3n) is 8.84. The minimum Gasteiger partial charge on any atom is -0.376 e. The van der Waals surface area contributed by atoms with E-state index < -0.39 is 0 Å². The van der Waals surface area contributed by atoms with Gasteiger partial charge in [-0.2, -0.15) is 0 Å². The molecule has 0 spiro atoms. The minimum atomic E-state index is 0.0522. The molecule has 0 unspecified atom stereocenters. The molecular weight excluding hydrogens is 560 g/mol. The van der Waals surface area contributed by atoms with Gasteiger partial charge in [0.1, 0.15) is 5.82 Å². The van der Waals surface area contributed by atoms with E-state index >= 15 is 0 Å². The first-order valence-corrected chi connectivity index (χ1v) is 16.0. The van der Waals surface area contributed by atoms with Crippen molar-refractivity contribution in [2.45, 2.75) is 64.5 Å². The van der Waals surface area contributed by atoms with Crippen LogP contribution in [0.25, 0.3) is 44.3 Å². The number of carbonyl (C=O) groups is 1. The van der Waals surface area contributed by atoms with E-state index in [1.165, 1.54) is 24.8 Å². The molecule has 1 aliphatic carbocycles. The van der Waals surface area contributed by atoms with Gasteiger partial charge in [-0.25, -0.2) is 10.1 Å². The Morgan fingerprint density at radius 3 is 2.62 bits per heavy atom. The summed E-state index contributed by atoms with van der Waals surface area (Å²) in [6.45, 7) is 3.15. The number of nitrogens with zero attached hydrogens (tertiary/aromatic N) is 5. The second-order valence-corrected chi connectivity index (χ2v) is 12.0. The standard InChI is InChI=1S/C36H38N8O/c1-2-8-33-39-31-20-18-28(37-22-34(45)38-27-10-4-3-5-11-27)21-32(31)44(33)23-24-13-15-26(16-14-24)30-19-17-25-9-6-7-12-29(25)35(30)36-40-42-43-41-36/h6-7,9,12-21,27,37H,2-5,8,10-11,22-23H2,1H3,(H,38,45)(H,40,41,42,43). The lowest BCUT2D eigenvalue weighted by molar-refractivity contribution is -0.120. The SMILES string of the molecule is CCCc1nc2ccc(NCC(=O)NC3CCCCC3)cc2n1Cc1ccc(-c2ccc3ccccc3c2-c2nnn[nH]2)cc1. The zero-order chi connectivity index (χ0) is 30.6. The molecule has 3 N–H and O–H groups in total. The van der Waals surface area contributed by atoms with E-state index in [-0.39, 0.29) is 12.5 Å². The van der Waals surface area contributed by atoms with Crippen LogP contribution in [0, 0.1) is 0 Å². The number of hydrogen-bond acceptors (Lipinski definition) is 6. The molecule has 4 aromatic carbocycles. The summed E-state index contributed by atoms with van der Waals surface area (Å²) in [6.07, 6.45) is 7.75. The summed E-state index contributed by atoms with van der Waals surface area (Å²) in [4.78, 5) is 17.6. The van der Waals surface area contributed by atoms with Crippen LogP contribution in [-0.4, -0.2) is 48.7 Å². The Morgan fingerprint density at radius 2 is 1.82 bits per heavy atom. The first-order chi connectivity index (χ1) is 22.2. The maximum Gasteiger partial charge on any atom is 0.239 e. The highest BCUT2D eigenvalue weighted by molar-refractivity contribution is 6.02. The number of anilines is 1. The zero-order valence-corrected chi connectivity index (χ0v) is 25.6. The Bertz CT molecular complexity index is 1920. The molecule has 45 heavy (non-hydrogen) atoms. The first-order valence-electron chi connectivity index (χ1n) is 16.0. The normalized spacial score (nSPS) is 13.8. The van der Waals surface area contributed by atoms with Crippen LogP contribution in [0.5, 0.6) is 0 Å². The van der Waals surface area contributed by atoms with Crippen LogP contribution >= 0.6 is 0 Å². The summed E-state index contributed by atoms with van der Waals surface area (Å²) >= 11 is 0. The van der Waals surface area contributed by atoms with Crippen LogP contribution in [0.3, 0.4) is 0 Å². The molecule has 1 aliphatic rings. The van der Waals surface area contributed by atoms with Gasteiger partial charge in [-0.1, -0.05) is 86.8 Å². The maximum absolute atomic E-state index is 12.6. The van der Waals surface area contributed by atoms with E-state index in [1.807, 2.05) is 18.2 Å². The summed E-state index contributed by atoms with van der Waals surface area (Å²) in [7, 11) is 0. The summed E-state index contributed by atoms with van der Waals surface area (Å²) in [5, 5.41) is 23.7. The number of nitrogens with one attached hydrogen (secondary N) is 3. The van der Waals surface area contributed by atoms with Crippen molar-refractivity contribution >= 4 is 33.4 Å². The van der Waals surface area contributed by atoms with Crippen LogP contribution in [-0.2, 0) is 17.8 Å². The van der Waals surface area contributed by atoms with Gasteiger partial charge in [0, 0.05) is 30.3 Å². The number of aryl methyl sites for hydroxylation is 1. The fourth-order valence-electron chi connectivity index (χ4n) is 6.59. The largest absolute Gasteiger partial charge is 0.376 e. The lowest BCUT2D eigenvalue weighted by atomic mass is 9.93. The number of H-pyrrole nitrogens is 1. The summed E-state index contributed by atoms with van der Waals surface area (Å²) < 4.78 is 2.31. The molecule has 6 aromatic rings. The van der Waals surface area contributed by atoms with Crippen molar-refractivity contribution < 1.29 is 4.79 Å². The second-order valence-electron chi connectivity index (χ2n) is 12.0. The van der Waals surface area contributed by atoms with Gasteiger partial charge in [-0.3, -0.25) is 4.79 Å². The average molecular weight is 599 g/mol. The topological polar surface area (TPSA) is 113 Å². The lowest BCUT2D eigenvalue weighted by Gasteiger charge is -2.22. The highest BCUT2D eigenvalue weighted by atomic mass is 16.2. The van der Waals surface area contributed by atoms with E-state index in [0.29, 0.717) is 18.4 Å². The van der Waals surface area contributed by atoms with Crippen LogP contribution in [0.2, 0.25) is 0 Å². The van der Waals surface area contributed by atoms with Crippen molar-refractivity contribution in [3.05, 3.63) is 90.3 Å². The predicted molar refractivity (Wildman–Crippen MR) is 179 cm³/mol. The smallest absolute Gasteiger partial charge is 0.239 e. The van der Waals surface area contributed by atoms with Crippen molar-refractivity contribution in [2.75, 3.05) is 11.9 Å². The molecule has 0 saturated heterocycles. The highest BCUT2D eigenvalue weighted by Crippen LogP contribution is 2.36. The summed E-state index contributed by atoms with van der Waals surface area (Å²) in [5.74, 6) is 1.77. The van der Waals surface area contributed by atoms with Crippen molar-refractivity contribution in [1.82, 2.24) is 35.5 Å². The quantitative estimate of drug-likeness (QED) is 0.158. The van der Waals surface area contributed by atoms with Crippen molar-refractivity contribution in [1.29, 1.82) is 0 Å². The van der Waals surface area contributed by atoms with Gasteiger partial charge in [-0.15, -0.1) is 5.10 Å². The Kier molecular flexibility index (Phi) is 8.23. The van der Waals surface area contributed by atoms with Crippen LogP contribution in [0.4, 0.5) is 5.69 Å². The Labute approximate surface area is 262 Å². The van der Waals surface area contributed by atoms with Gasteiger partial charge in [0.25, 0.3) is 0 Å². The molecule has 0 bridgehead atoms. The number of carbonyl (C=O) groups excluding carboxylic acids is 1. The van der Waals surface area contributed by atoms with Crippen LogP contribution < -0.4 is 10.6 Å². The molecule has 1 fully saturated rings. The molecule has 1 saturated carbocycles. The number of imidazole rings is 1. The molecular formula is C36H38N8O. The third kappa shape index (κ3) is 6.16. The third-order valence-corrected chi connectivity index (χ3v) is 8.84. The number of rotatable bonds is 10. The second kappa shape index (κ2) is 12.9. The van der Waals surface area contributed by atoms with E-state index in [0.717, 1.165) is 75.7 Å². The number of benzene rings is 4. The Balaban J connectivity index is 1.14. The molecule has 228 valence electrons. The number of aromatic nitrogens is 6. The van der Waals surface area contributed by atoms with Gasteiger partial charge in [-0.05, 0) is 75.4 Å². The van der Waals surface area contributed by atoms with Crippen molar-refractivity contribution in [2.24, 2.45) is 0 Å². The van der Waals surface area contributed by atoms with Crippen molar-refractivity contribution in [3.8, 4) is 22.5 Å². The molecule has 0 atom stereocenters. The number of hydrogen-bond donors (Lipinski definition) is 3. The maximum atomic E-state index is 12.6. The predicted octanol–water partition coefficient (Wildman–Crippen LogP) is 6.90. The first kappa shape index (κ1) is 28.7. The van der Waals surface area contributed by atoms with Gasteiger partial charge in [0.15, 0.2) is 5.82 Å². The molecule has 1 amide bonds. The molecule has 2 aromatic heterocycles. The molecule has 7 rings (SSSR count). The summed E-state index contributed by atoms with van der Waals surface area (Å²) in [5.41, 5.74) is 7.29. The number of fused-ring (bicyclic) bond motifs is 2. The van der Waals surface area contributed by atoms with Gasteiger partial charge in [0.2, 0.25) is 5.91 Å². The van der Waals surface area contributed by atoms with E-state index in [2.05, 4.69) is 103 Å². The molecule has 9 heteroatoms. The van der Waals surface area contributed by atoms with Crippen LogP contribution in [0.15, 0.2) is 78.9 Å². The van der Waals surface area contributed by atoms with Gasteiger partial charge in [0.05, 0.1) is 17.6 Å². The average Bonchev–Trinajstić information content (AvgIpc) is 3.73. The van der Waals surface area contributed by atoms with Crippen LogP contribution in [0.1, 0.15) is 56.8 Å². The molecule has 2 heterocycles. The molecule has 9 nitrogen and oxygen atoms in total. The van der Waals surface area contributed by atoms with E-state index in [1.54, 1.807) is 0 Å². The minimum absolute atomic E-state index is 0.0522. The fraction of sp³-hybridized carbons (Fsp3) is 0.306. The van der Waals surface area contributed by atoms with Gasteiger partial charge < -0.3 is 15.2 Å². The van der Waals surface area contributed by atoms with E-state index in [4.69, 9.17) is 4.98 Å². The monoisotopic (exact) mass is 598 g/mol.